The van der Waals surface area contributed by atoms with Crippen molar-refractivity contribution in [2.45, 2.75) is 44.3 Å². The van der Waals surface area contributed by atoms with Crippen molar-refractivity contribution in [1.29, 1.82) is 0 Å². The average Bonchev–Trinajstić information content (AvgIpc) is 3.16. The van der Waals surface area contributed by atoms with E-state index >= 15 is 0 Å². The van der Waals surface area contributed by atoms with Crippen molar-refractivity contribution >= 4 is 35.8 Å². The maximum Gasteiger partial charge on any atom is 0.319 e. The molecular weight excluding hydrogens is 380 g/mol. The predicted octanol–water partition coefficient (Wildman–Crippen LogP) is 0.346. The maximum absolute atomic E-state index is 12.7. The van der Waals surface area contributed by atoms with Crippen LogP contribution in [0, 0.1) is 0 Å². The van der Waals surface area contributed by atoms with Crippen molar-refractivity contribution in [2.24, 2.45) is 0 Å². The second kappa shape index (κ2) is 10.2. The molecule has 1 aliphatic rings. The Bertz CT molecular complexity index is 769. The lowest BCUT2D eigenvalue weighted by atomic mass is 10.1. The summed E-state index contributed by atoms with van der Waals surface area (Å²) in [6.07, 6.45) is 0.787. The smallest absolute Gasteiger partial charge is 0.319 e. The van der Waals surface area contributed by atoms with Gasteiger partial charge in [0.2, 0.25) is 11.8 Å². The minimum absolute atomic E-state index is 0.327. The zero-order chi connectivity index (χ0) is 21.4. The standard InChI is InChI=1S/C19H24N4O6/c1-12(20-19(29)22-13-6-3-2-4-7-13)18(28)23-9-5-8-15(23)17(27)21-14(11-24)10-16(25)26/h2-4,6-7,11-12,14-15H,5,8-10H2,1H3,(H,21,27)(H,25,26)(H2,20,22,29)/t12?,14?,15-/m0/s1. The normalized spacial score (nSPS) is 17.7. The fourth-order valence-corrected chi connectivity index (χ4v) is 3.10. The molecular formula is C19H24N4O6. The third kappa shape index (κ3) is 6.30. The van der Waals surface area contributed by atoms with E-state index in [1.807, 2.05) is 0 Å². The number of aldehydes is 1. The summed E-state index contributed by atoms with van der Waals surface area (Å²) >= 11 is 0. The van der Waals surface area contributed by atoms with Crippen molar-refractivity contribution in [1.82, 2.24) is 15.5 Å². The molecule has 2 rings (SSSR count). The van der Waals surface area contributed by atoms with Gasteiger partial charge in [-0.1, -0.05) is 18.2 Å². The highest BCUT2D eigenvalue weighted by atomic mass is 16.4. The number of urea groups is 1. The second-order valence-electron chi connectivity index (χ2n) is 6.72. The topological polar surface area (TPSA) is 145 Å². The Hall–Kier alpha value is -3.43. The molecule has 156 valence electrons. The number of hydrogen-bond donors (Lipinski definition) is 4. The van der Waals surface area contributed by atoms with E-state index < -0.39 is 48.4 Å². The number of amides is 4. The van der Waals surface area contributed by atoms with Crippen molar-refractivity contribution in [3.63, 3.8) is 0 Å². The Morgan fingerprint density at radius 3 is 2.52 bits per heavy atom. The lowest BCUT2D eigenvalue weighted by molar-refractivity contribution is -0.141. The molecule has 1 saturated heterocycles. The SMILES string of the molecule is CC(NC(=O)Nc1ccccc1)C(=O)N1CCC[C@H]1C(=O)NC(C=O)CC(=O)O. The Kier molecular flexibility index (Phi) is 7.70. The molecule has 3 atom stereocenters. The van der Waals surface area contributed by atoms with Gasteiger partial charge < -0.3 is 30.8 Å². The van der Waals surface area contributed by atoms with Crippen molar-refractivity contribution < 1.29 is 29.1 Å². The van der Waals surface area contributed by atoms with Gasteiger partial charge in [0.05, 0.1) is 12.5 Å². The van der Waals surface area contributed by atoms with Gasteiger partial charge in [-0.15, -0.1) is 0 Å². The number of benzene rings is 1. The van der Waals surface area contributed by atoms with Crippen molar-refractivity contribution in [3.05, 3.63) is 30.3 Å². The molecule has 1 aromatic rings. The van der Waals surface area contributed by atoms with Crippen LogP contribution in [0.25, 0.3) is 0 Å². The number of rotatable bonds is 8. The van der Waals surface area contributed by atoms with Crippen molar-refractivity contribution in [3.8, 4) is 0 Å². The van der Waals surface area contributed by atoms with Crippen LogP contribution in [-0.4, -0.2) is 64.8 Å². The van der Waals surface area contributed by atoms with Gasteiger partial charge in [0, 0.05) is 12.2 Å². The van der Waals surface area contributed by atoms with E-state index in [0.29, 0.717) is 31.4 Å². The summed E-state index contributed by atoms with van der Waals surface area (Å²) in [7, 11) is 0. The van der Waals surface area contributed by atoms with Gasteiger partial charge in [-0.05, 0) is 31.9 Å². The molecule has 0 saturated carbocycles. The molecule has 0 bridgehead atoms. The first-order valence-electron chi connectivity index (χ1n) is 9.22. The largest absolute Gasteiger partial charge is 0.481 e. The zero-order valence-corrected chi connectivity index (χ0v) is 16.0. The van der Waals surface area contributed by atoms with Crippen LogP contribution < -0.4 is 16.0 Å². The molecule has 10 heteroatoms. The summed E-state index contributed by atoms with van der Waals surface area (Å²) in [5.74, 6) is -2.24. The molecule has 10 nitrogen and oxygen atoms in total. The number of carbonyl (C=O) groups excluding carboxylic acids is 4. The highest BCUT2D eigenvalue weighted by Gasteiger charge is 2.37. The van der Waals surface area contributed by atoms with E-state index in [9.17, 15) is 24.0 Å². The molecule has 1 heterocycles. The van der Waals surface area contributed by atoms with Gasteiger partial charge in [0.25, 0.3) is 0 Å². The molecule has 0 spiro atoms. The number of carbonyl (C=O) groups is 5. The van der Waals surface area contributed by atoms with Gasteiger partial charge >= 0.3 is 12.0 Å². The number of hydrogen-bond acceptors (Lipinski definition) is 5. The Morgan fingerprint density at radius 2 is 1.90 bits per heavy atom. The summed E-state index contributed by atoms with van der Waals surface area (Å²) in [6.45, 7) is 1.84. The Balaban J connectivity index is 1.93. The van der Waals surface area contributed by atoms with Gasteiger partial charge in [0.1, 0.15) is 18.4 Å². The van der Waals surface area contributed by atoms with Gasteiger partial charge in [0.15, 0.2) is 0 Å². The highest BCUT2D eigenvalue weighted by Crippen LogP contribution is 2.19. The van der Waals surface area contributed by atoms with Crippen LogP contribution >= 0.6 is 0 Å². The molecule has 2 unspecified atom stereocenters. The van der Waals surface area contributed by atoms with E-state index in [-0.39, 0.29) is 0 Å². The van der Waals surface area contributed by atoms with Gasteiger partial charge in [-0.25, -0.2) is 4.79 Å². The Labute approximate surface area is 167 Å². The average molecular weight is 404 g/mol. The monoisotopic (exact) mass is 404 g/mol. The lowest BCUT2D eigenvalue weighted by Gasteiger charge is -2.27. The van der Waals surface area contributed by atoms with E-state index in [1.165, 1.54) is 11.8 Å². The van der Waals surface area contributed by atoms with Gasteiger partial charge in [-0.2, -0.15) is 0 Å². The van der Waals surface area contributed by atoms with Crippen LogP contribution in [0.3, 0.4) is 0 Å². The summed E-state index contributed by atoms with van der Waals surface area (Å²) in [4.78, 5) is 60.3. The van der Waals surface area contributed by atoms with Crippen LogP contribution in [0.2, 0.25) is 0 Å². The van der Waals surface area contributed by atoms with E-state index in [1.54, 1.807) is 30.3 Å². The molecule has 1 aromatic carbocycles. The quantitative estimate of drug-likeness (QED) is 0.460. The van der Waals surface area contributed by atoms with Crippen LogP contribution in [0.5, 0.6) is 0 Å². The molecule has 4 amide bonds. The molecule has 0 radical (unpaired) electrons. The third-order valence-corrected chi connectivity index (χ3v) is 4.47. The number of aliphatic carboxylic acids is 1. The predicted molar refractivity (Wildman–Crippen MR) is 103 cm³/mol. The minimum atomic E-state index is -1.22. The molecule has 4 N–H and O–H groups in total. The van der Waals surface area contributed by atoms with E-state index in [4.69, 9.17) is 5.11 Å². The number of likely N-dealkylation sites (tertiary alicyclic amines) is 1. The third-order valence-electron chi connectivity index (χ3n) is 4.47. The van der Waals surface area contributed by atoms with E-state index in [0.717, 1.165) is 0 Å². The molecule has 1 fully saturated rings. The lowest BCUT2D eigenvalue weighted by Crippen LogP contribution is -2.54. The number of carboxylic acids is 1. The number of carboxylic acid groups (broad SMARTS) is 1. The molecule has 29 heavy (non-hydrogen) atoms. The summed E-state index contributed by atoms with van der Waals surface area (Å²) < 4.78 is 0. The van der Waals surface area contributed by atoms with Gasteiger partial charge in [-0.3, -0.25) is 14.4 Å². The fourth-order valence-electron chi connectivity index (χ4n) is 3.10. The first kappa shape index (κ1) is 21.9. The molecule has 0 aromatic heterocycles. The summed E-state index contributed by atoms with van der Waals surface area (Å²) in [5, 5.41) is 16.3. The number of anilines is 1. The van der Waals surface area contributed by atoms with Crippen molar-refractivity contribution in [2.75, 3.05) is 11.9 Å². The maximum atomic E-state index is 12.7. The second-order valence-corrected chi connectivity index (χ2v) is 6.72. The van der Waals surface area contributed by atoms with Crippen LogP contribution in [0.1, 0.15) is 26.2 Å². The van der Waals surface area contributed by atoms with Crippen LogP contribution in [-0.2, 0) is 19.2 Å². The summed E-state index contributed by atoms with van der Waals surface area (Å²) in [6, 6.07) is 5.31. The Morgan fingerprint density at radius 1 is 1.21 bits per heavy atom. The number of nitrogens with one attached hydrogen (secondary N) is 3. The number of para-hydroxylation sites is 1. The van der Waals surface area contributed by atoms with Crippen LogP contribution in [0.15, 0.2) is 30.3 Å². The fraction of sp³-hybridized carbons (Fsp3) is 0.421. The first-order valence-corrected chi connectivity index (χ1v) is 9.22. The first-order chi connectivity index (χ1) is 13.8. The van der Waals surface area contributed by atoms with Crippen LogP contribution in [0.4, 0.5) is 10.5 Å². The molecule has 1 aliphatic heterocycles. The summed E-state index contributed by atoms with van der Waals surface area (Å²) in [5.41, 5.74) is 0.571. The highest BCUT2D eigenvalue weighted by molar-refractivity contribution is 5.95. The van der Waals surface area contributed by atoms with E-state index in [2.05, 4.69) is 16.0 Å². The number of nitrogens with zero attached hydrogens (tertiary/aromatic N) is 1. The zero-order valence-electron chi connectivity index (χ0n) is 16.0. The molecule has 0 aliphatic carbocycles. The minimum Gasteiger partial charge on any atom is -0.481 e.